The number of rotatable bonds is 9. The zero-order valence-electron chi connectivity index (χ0n) is 11.4. The summed E-state index contributed by atoms with van der Waals surface area (Å²) in [6, 6.07) is 0. The molecule has 0 aliphatic carbocycles. The first kappa shape index (κ1) is 16.3. The molecule has 0 aromatic heterocycles. The topological polar surface area (TPSA) is 44.8 Å². The number of hydrogen-bond donors (Lipinski definition) is 0. The average Bonchev–Trinajstić information content (AvgIpc) is 2.27. The molecule has 5 heteroatoms. The van der Waals surface area contributed by atoms with Gasteiger partial charge in [-0.3, -0.25) is 4.79 Å². The van der Waals surface area contributed by atoms with Crippen molar-refractivity contribution in [2.24, 2.45) is 0 Å². The van der Waals surface area contributed by atoms with Gasteiger partial charge in [-0.15, -0.1) is 0 Å². The van der Waals surface area contributed by atoms with Crippen LogP contribution in [0.1, 0.15) is 33.6 Å². The highest BCUT2D eigenvalue weighted by atomic mass is 28.2. The van der Waals surface area contributed by atoms with E-state index in [0.717, 1.165) is 12.0 Å². The Morgan fingerprint density at radius 1 is 1.47 bits per heavy atom. The van der Waals surface area contributed by atoms with E-state index >= 15 is 0 Å². The van der Waals surface area contributed by atoms with Crippen LogP contribution in [-0.2, 0) is 18.7 Å². The van der Waals surface area contributed by atoms with Crippen LogP contribution in [0.3, 0.4) is 0 Å². The van der Waals surface area contributed by atoms with Gasteiger partial charge in [0, 0.05) is 13.2 Å². The molecule has 0 rings (SSSR count). The van der Waals surface area contributed by atoms with Crippen LogP contribution in [0, 0.1) is 0 Å². The second-order valence-corrected chi connectivity index (χ2v) is 4.68. The molecule has 0 aliphatic rings. The Balaban J connectivity index is 4.01. The van der Waals surface area contributed by atoms with Gasteiger partial charge in [-0.2, -0.15) is 0 Å². The summed E-state index contributed by atoms with van der Waals surface area (Å²) in [5.41, 5.74) is 0.167. The Morgan fingerprint density at radius 2 is 2.12 bits per heavy atom. The van der Waals surface area contributed by atoms with Crippen LogP contribution < -0.4 is 0 Å². The van der Waals surface area contributed by atoms with Crippen molar-refractivity contribution in [3.63, 3.8) is 0 Å². The number of ether oxygens (including phenoxy) is 2. The number of carbonyl (C=O) groups excluding carboxylic acids is 1. The normalized spacial score (nSPS) is 14.3. The van der Waals surface area contributed by atoms with Gasteiger partial charge >= 0.3 is 5.97 Å². The maximum atomic E-state index is 11.6. The van der Waals surface area contributed by atoms with Gasteiger partial charge in [-0.1, -0.05) is 12.2 Å². The highest BCUT2D eigenvalue weighted by molar-refractivity contribution is 6.06. The summed E-state index contributed by atoms with van der Waals surface area (Å²) in [6.07, 6.45) is 1.37. The lowest BCUT2D eigenvalue weighted by Crippen LogP contribution is -2.40. The standard InChI is InChI=1S/C12H24O4Si/c1-5-15-12(4,11(13)16-17)7-6-8-14-9-10(2)3/h2,5-9H2,1,3-4,17H3. The lowest BCUT2D eigenvalue weighted by atomic mass is 10.0. The first-order chi connectivity index (χ1) is 7.96. The van der Waals surface area contributed by atoms with Crippen molar-refractivity contribution in [2.75, 3.05) is 19.8 Å². The maximum absolute atomic E-state index is 11.6. The average molecular weight is 260 g/mol. The SMILES string of the molecule is C=C(C)COCCCC(C)(OCC)C(=O)O[SiH3]. The summed E-state index contributed by atoms with van der Waals surface area (Å²) in [7, 11) is 0.396. The third-order valence-corrected chi connectivity index (χ3v) is 2.74. The van der Waals surface area contributed by atoms with Crippen molar-refractivity contribution in [1.29, 1.82) is 0 Å². The van der Waals surface area contributed by atoms with Crippen molar-refractivity contribution in [2.45, 2.75) is 39.2 Å². The Hall–Kier alpha value is -0.653. The molecule has 0 bridgehead atoms. The quantitative estimate of drug-likeness (QED) is 0.352. The molecule has 100 valence electrons. The van der Waals surface area contributed by atoms with Gasteiger partial charge in [0.2, 0.25) is 10.5 Å². The predicted molar refractivity (Wildman–Crippen MR) is 70.9 cm³/mol. The van der Waals surface area contributed by atoms with Crippen LogP contribution in [0.2, 0.25) is 0 Å². The molecular weight excluding hydrogens is 236 g/mol. The van der Waals surface area contributed by atoms with Gasteiger partial charge in [0.1, 0.15) is 0 Å². The minimum absolute atomic E-state index is 0.272. The van der Waals surface area contributed by atoms with Gasteiger partial charge in [0.15, 0.2) is 5.60 Å². The zero-order chi connectivity index (χ0) is 13.3. The summed E-state index contributed by atoms with van der Waals surface area (Å²) in [5, 5.41) is 0. The minimum atomic E-state index is -0.830. The molecule has 0 aromatic rings. The second-order valence-electron chi connectivity index (χ2n) is 4.27. The second kappa shape index (κ2) is 8.44. The van der Waals surface area contributed by atoms with E-state index in [4.69, 9.17) is 13.9 Å². The van der Waals surface area contributed by atoms with Crippen LogP contribution in [0.25, 0.3) is 0 Å². The molecule has 0 saturated heterocycles. The third-order valence-electron chi connectivity index (χ3n) is 2.37. The van der Waals surface area contributed by atoms with E-state index in [-0.39, 0.29) is 5.97 Å². The largest absolute Gasteiger partial charge is 0.527 e. The minimum Gasteiger partial charge on any atom is -0.527 e. The molecule has 1 atom stereocenters. The molecule has 1 unspecified atom stereocenters. The third kappa shape index (κ3) is 6.60. The van der Waals surface area contributed by atoms with E-state index < -0.39 is 5.60 Å². The number of hydrogen-bond acceptors (Lipinski definition) is 4. The Bertz CT molecular complexity index is 255. The molecule has 0 spiro atoms. The van der Waals surface area contributed by atoms with E-state index in [2.05, 4.69) is 6.58 Å². The van der Waals surface area contributed by atoms with E-state index in [9.17, 15) is 4.79 Å². The van der Waals surface area contributed by atoms with Crippen molar-refractivity contribution in [3.8, 4) is 0 Å². The highest BCUT2D eigenvalue weighted by Crippen LogP contribution is 2.19. The van der Waals surface area contributed by atoms with Crippen molar-refractivity contribution < 1.29 is 18.7 Å². The molecule has 0 radical (unpaired) electrons. The maximum Gasteiger partial charge on any atom is 0.324 e. The molecule has 0 fully saturated rings. The first-order valence-corrected chi connectivity index (χ1v) is 6.72. The van der Waals surface area contributed by atoms with Crippen molar-refractivity contribution in [3.05, 3.63) is 12.2 Å². The van der Waals surface area contributed by atoms with Crippen molar-refractivity contribution in [1.82, 2.24) is 0 Å². The van der Waals surface area contributed by atoms with Gasteiger partial charge in [0.05, 0.1) is 6.61 Å². The van der Waals surface area contributed by atoms with Gasteiger partial charge in [0.25, 0.3) is 0 Å². The molecular formula is C12H24O4Si. The fourth-order valence-corrected chi connectivity index (χ4v) is 1.96. The molecule has 0 amide bonds. The molecule has 0 aliphatic heterocycles. The summed E-state index contributed by atoms with van der Waals surface area (Å²) >= 11 is 0. The highest BCUT2D eigenvalue weighted by Gasteiger charge is 2.33. The smallest absolute Gasteiger partial charge is 0.324 e. The van der Waals surface area contributed by atoms with Crippen LogP contribution in [0.4, 0.5) is 0 Å². The lowest BCUT2D eigenvalue weighted by molar-refractivity contribution is -0.160. The monoisotopic (exact) mass is 260 g/mol. The molecule has 0 aromatic carbocycles. The van der Waals surface area contributed by atoms with E-state index in [1.807, 2.05) is 13.8 Å². The molecule has 17 heavy (non-hydrogen) atoms. The summed E-state index contributed by atoms with van der Waals surface area (Å²) in [6.45, 7) is 11.0. The molecule has 0 saturated carbocycles. The van der Waals surface area contributed by atoms with Crippen LogP contribution in [0.15, 0.2) is 12.2 Å². The summed E-state index contributed by atoms with van der Waals surface area (Å²) < 4.78 is 15.8. The summed E-state index contributed by atoms with van der Waals surface area (Å²) in [4.78, 5) is 11.6. The van der Waals surface area contributed by atoms with E-state index in [0.29, 0.717) is 36.7 Å². The zero-order valence-corrected chi connectivity index (χ0v) is 13.4. The van der Waals surface area contributed by atoms with Crippen LogP contribution in [-0.4, -0.2) is 41.9 Å². The van der Waals surface area contributed by atoms with E-state index in [1.54, 1.807) is 6.92 Å². The molecule has 0 heterocycles. The molecule has 0 N–H and O–H groups in total. The predicted octanol–water partition coefficient (Wildman–Crippen LogP) is 0.978. The Kier molecular flexibility index (Phi) is 8.12. The molecule has 4 nitrogen and oxygen atoms in total. The van der Waals surface area contributed by atoms with E-state index in [1.165, 1.54) is 0 Å². The van der Waals surface area contributed by atoms with Crippen LogP contribution >= 0.6 is 0 Å². The Labute approximate surface area is 107 Å². The van der Waals surface area contributed by atoms with Crippen LogP contribution in [0.5, 0.6) is 0 Å². The number of carbonyl (C=O) groups is 1. The van der Waals surface area contributed by atoms with Gasteiger partial charge in [-0.25, -0.2) is 0 Å². The fourth-order valence-electron chi connectivity index (χ4n) is 1.53. The van der Waals surface area contributed by atoms with Crippen molar-refractivity contribution >= 4 is 16.5 Å². The first-order valence-electron chi connectivity index (χ1n) is 5.90. The van der Waals surface area contributed by atoms with Gasteiger partial charge < -0.3 is 13.9 Å². The lowest BCUT2D eigenvalue weighted by Gasteiger charge is -2.26. The summed E-state index contributed by atoms with van der Waals surface area (Å²) in [5.74, 6) is -0.272. The Morgan fingerprint density at radius 3 is 2.59 bits per heavy atom. The van der Waals surface area contributed by atoms with Gasteiger partial charge in [-0.05, 0) is 33.6 Å². The fraction of sp³-hybridized carbons (Fsp3) is 0.750.